The second kappa shape index (κ2) is 3.73. The van der Waals surface area contributed by atoms with Gasteiger partial charge in [0, 0.05) is 7.05 Å². The van der Waals surface area contributed by atoms with Gasteiger partial charge in [-0.05, 0) is 24.6 Å². The van der Waals surface area contributed by atoms with Gasteiger partial charge < -0.3 is 10.3 Å². The van der Waals surface area contributed by atoms with Gasteiger partial charge in [0.25, 0.3) is 0 Å². The Kier molecular flexibility index (Phi) is 2.61. The topological polar surface area (TPSA) is 43.8 Å². The van der Waals surface area contributed by atoms with Crippen molar-refractivity contribution in [3.05, 3.63) is 29.6 Å². The lowest BCUT2D eigenvalue weighted by molar-refractivity contribution is -0.149. The van der Waals surface area contributed by atoms with Crippen molar-refractivity contribution < 1.29 is 13.2 Å². The summed E-state index contributed by atoms with van der Waals surface area (Å²) in [7, 11) is 1.81. The number of hydrogen-bond acceptors (Lipinski definition) is 2. The third-order valence-electron chi connectivity index (χ3n) is 2.84. The number of nitrogens with zero attached hydrogens (tertiary/aromatic N) is 2. The summed E-state index contributed by atoms with van der Waals surface area (Å²) in [5.74, 6) is 0.748. The largest absolute Gasteiger partial charge is 0.407 e. The van der Waals surface area contributed by atoms with Gasteiger partial charge in [0.15, 0.2) is 0 Å². The molecule has 0 saturated carbocycles. The van der Waals surface area contributed by atoms with Crippen LogP contribution in [-0.4, -0.2) is 15.7 Å². The van der Waals surface area contributed by atoms with Crippen LogP contribution in [0.15, 0.2) is 18.2 Å². The highest BCUT2D eigenvalue weighted by atomic mass is 19.4. The number of nitrogens with two attached hydrogens (primary N) is 1. The van der Waals surface area contributed by atoms with E-state index in [2.05, 4.69) is 4.98 Å². The van der Waals surface area contributed by atoms with Gasteiger partial charge in [0.2, 0.25) is 0 Å². The summed E-state index contributed by atoms with van der Waals surface area (Å²) in [6.45, 7) is 1.80. The molecule has 17 heavy (non-hydrogen) atoms. The molecular weight excluding hydrogens is 231 g/mol. The number of halogens is 3. The first-order chi connectivity index (χ1) is 7.80. The van der Waals surface area contributed by atoms with Crippen molar-refractivity contribution in [3.8, 4) is 0 Å². The number of benzene rings is 1. The molecule has 92 valence electrons. The number of rotatable bonds is 1. The van der Waals surface area contributed by atoms with E-state index in [9.17, 15) is 13.2 Å². The highest BCUT2D eigenvalue weighted by molar-refractivity contribution is 5.77. The van der Waals surface area contributed by atoms with E-state index in [-0.39, 0.29) is 5.56 Å². The molecule has 0 fully saturated rings. The highest BCUT2D eigenvalue weighted by Crippen LogP contribution is 2.31. The molecule has 0 bridgehead atoms. The Morgan fingerprint density at radius 2 is 2.00 bits per heavy atom. The Bertz CT molecular complexity index is 557. The molecule has 3 nitrogen and oxygen atoms in total. The van der Waals surface area contributed by atoms with Crippen LogP contribution in [0.1, 0.15) is 17.4 Å². The zero-order valence-corrected chi connectivity index (χ0v) is 9.42. The van der Waals surface area contributed by atoms with Crippen molar-refractivity contribution in [2.75, 3.05) is 0 Å². The van der Waals surface area contributed by atoms with Crippen LogP contribution in [0.2, 0.25) is 0 Å². The Morgan fingerprint density at radius 3 is 2.59 bits per heavy atom. The van der Waals surface area contributed by atoms with E-state index in [0.717, 1.165) is 11.3 Å². The van der Waals surface area contributed by atoms with Crippen molar-refractivity contribution in [2.45, 2.75) is 19.1 Å². The third-order valence-corrected chi connectivity index (χ3v) is 2.84. The maximum absolute atomic E-state index is 12.5. The first-order valence-electron chi connectivity index (χ1n) is 5.06. The van der Waals surface area contributed by atoms with Crippen LogP contribution in [0.4, 0.5) is 13.2 Å². The summed E-state index contributed by atoms with van der Waals surface area (Å²) >= 11 is 0. The molecule has 1 aromatic carbocycles. The van der Waals surface area contributed by atoms with Crippen LogP contribution in [0, 0.1) is 6.92 Å². The van der Waals surface area contributed by atoms with Crippen LogP contribution in [0.3, 0.4) is 0 Å². The second-order valence-corrected chi connectivity index (χ2v) is 3.99. The molecule has 0 saturated heterocycles. The summed E-state index contributed by atoms with van der Waals surface area (Å²) in [6.07, 6.45) is -4.43. The molecule has 1 unspecified atom stereocenters. The standard InChI is InChI=1S/C11H12F3N3/c1-6-16-8-5-7(10(15)11(12,13)14)3-4-9(8)17(6)2/h3-5,10H,15H2,1-2H3. The van der Waals surface area contributed by atoms with E-state index in [4.69, 9.17) is 5.73 Å². The highest BCUT2D eigenvalue weighted by Gasteiger charge is 2.37. The number of imidazole rings is 1. The van der Waals surface area contributed by atoms with E-state index in [0.29, 0.717) is 5.52 Å². The molecule has 0 aliphatic rings. The number of hydrogen-bond donors (Lipinski definition) is 1. The fourth-order valence-electron chi connectivity index (χ4n) is 1.72. The summed E-state index contributed by atoms with van der Waals surface area (Å²) in [4.78, 5) is 4.18. The molecule has 0 aliphatic heterocycles. The second-order valence-electron chi connectivity index (χ2n) is 3.99. The smallest absolute Gasteiger partial charge is 0.331 e. The number of aromatic nitrogens is 2. The number of aryl methyl sites for hydroxylation is 2. The van der Waals surface area contributed by atoms with Crippen molar-refractivity contribution in [1.82, 2.24) is 9.55 Å². The fourth-order valence-corrected chi connectivity index (χ4v) is 1.72. The fraction of sp³-hybridized carbons (Fsp3) is 0.364. The summed E-state index contributed by atoms with van der Waals surface area (Å²) < 4.78 is 39.2. The predicted molar refractivity (Wildman–Crippen MR) is 58.4 cm³/mol. The minimum Gasteiger partial charge on any atom is -0.331 e. The molecule has 2 aromatic rings. The maximum atomic E-state index is 12.5. The Labute approximate surface area is 96.0 Å². The number of alkyl halides is 3. The maximum Gasteiger partial charge on any atom is 0.407 e. The number of fused-ring (bicyclic) bond motifs is 1. The van der Waals surface area contributed by atoms with E-state index in [1.54, 1.807) is 13.0 Å². The summed E-state index contributed by atoms with van der Waals surface area (Å²) in [5, 5.41) is 0. The lowest BCUT2D eigenvalue weighted by Gasteiger charge is -2.15. The molecule has 1 aromatic heterocycles. The molecule has 1 atom stereocenters. The van der Waals surface area contributed by atoms with Crippen LogP contribution >= 0.6 is 0 Å². The van der Waals surface area contributed by atoms with Crippen LogP contribution in [0.25, 0.3) is 11.0 Å². The zero-order valence-electron chi connectivity index (χ0n) is 9.42. The summed E-state index contributed by atoms with van der Waals surface area (Å²) in [6, 6.07) is 2.42. The SMILES string of the molecule is Cc1nc2cc(C(N)C(F)(F)F)ccc2n1C. The summed E-state index contributed by atoms with van der Waals surface area (Å²) in [5.41, 5.74) is 6.50. The van der Waals surface area contributed by atoms with Gasteiger partial charge in [-0.15, -0.1) is 0 Å². The lowest BCUT2D eigenvalue weighted by atomic mass is 10.1. The van der Waals surface area contributed by atoms with E-state index >= 15 is 0 Å². The van der Waals surface area contributed by atoms with Crippen LogP contribution < -0.4 is 5.73 Å². The molecule has 0 aliphatic carbocycles. The van der Waals surface area contributed by atoms with Crippen molar-refractivity contribution >= 4 is 11.0 Å². The first-order valence-corrected chi connectivity index (χ1v) is 5.06. The van der Waals surface area contributed by atoms with Gasteiger partial charge in [-0.25, -0.2) is 4.98 Å². The van der Waals surface area contributed by atoms with Crippen LogP contribution in [-0.2, 0) is 7.05 Å². The predicted octanol–water partition coefficient (Wildman–Crippen LogP) is 2.44. The first kappa shape index (κ1) is 11.9. The molecule has 2 N–H and O–H groups in total. The van der Waals surface area contributed by atoms with Gasteiger partial charge >= 0.3 is 6.18 Å². The van der Waals surface area contributed by atoms with Crippen molar-refractivity contribution in [1.29, 1.82) is 0 Å². The van der Waals surface area contributed by atoms with E-state index in [1.807, 2.05) is 11.6 Å². The molecule has 0 spiro atoms. The molecule has 0 amide bonds. The van der Waals surface area contributed by atoms with Gasteiger partial charge in [-0.3, -0.25) is 0 Å². The molecule has 0 radical (unpaired) electrons. The molecule has 2 rings (SSSR count). The molecule has 1 heterocycles. The van der Waals surface area contributed by atoms with E-state index in [1.165, 1.54) is 12.1 Å². The van der Waals surface area contributed by atoms with E-state index < -0.39 is 12.2 Å². The lowest BCUT2D eigenvalue weighted by Crippen LogP contribution is -2.28. The molecular formula is C11H12F3N3. The van der Waals surface area contributed by atoms with Gasteiger partial charge in [0.1, 0.15) is 11.9 Å². The Hall–Kier alpha value is -1.56. The minimum atomic E-state index is -4.43. The Balaban J connectivity index is 2.52. The Morgan fingerprint density at radius 1 is 1.35 bits per heavy atom. The zero-order chi connectivity index (χ0) is 12.8. The van der Waals surface area contributed by atoms with Crippen molar-refractivity contribution in [2.24, 2.45) is 12.8 Å². The van der Waals surface area contributed by atoms with Crippen LogP contribution in [0.5, 0.6) is 0 Å². The quantitative estimate of drug-likeness (QED) is 0.836. The minimum absolute atomic E-state index is 0.0306. The average molecular weight is 243 g/mol. The normalized spacial score (nSPS) is 14.2. The van der Waals surface area contributed by atoms with Gasteiger partial charge in [-0.1, -0.05) is 6.07 Å². The molecule has 6 heteroatoms. The van der Waals surface area contributed by atoms with Gasteiger partial charge in [-0.2, -0.15) is 13.2 Å². The third kappa shape index (κ3) is 2.00. The monoisotopic (exact) mass is 243 g/mol. The van der Waals surface area contributed by atoms with Gasteiger partial charge in [0.05, 0.1) is 11.0 Å². The average Bonchev–Trinajstić information content (AvgIpc) is 2.52. The van der Waals surface area contributed by atoms with Crippen molar-refractivity contribution in [3.63, 3.8) is 0 Å².